The van der Waals surface area contributed by atoms with Crippen LogP contribution in [0.2, 0.25) is 0 Å². The van der Waals surface area contributed by atoms with Crippen LogP contribution in [0, 0.1) is 5.92 Å². The summed E-state index contributed by atoms with van der Waals surface area (Å²) >= 11 is 0. The third-order valence-corrected chi connectivity index (χ3v) is 5.17. The Morgan fingerprint density at radius 2 is 1.91 bits per heavy atom. The molecule has 1 aliphatic heterocycles. The summed E-state index contributed by atoms with van der Waals surface area (Å²) in [6.07, 6.45) is 3.94. The van der Waals surface area contributed by atoms with Crippen molar-refractivity contribution in [1.82, 2.24) is 5.32 Å². The highest BCUT2D eigenvalue weighted by Crippen LogP contribution is 2.36. The molecule has 0 spiro atoms. The fraction of sp³-hybridized carbons (Fsp3) is 0.250. The van der Waals surface area contributed by atoms with Gasteiger partial charge in [0, 0.05) is 24.6 Å². The van der Waals surface area contributed by atoms with Crippen molar-refractivity contribution in [3.05, 3.63) is 52.5 Å². The Bertz CT molecular complexity index is 868. The maximum Gasteiger partial charge on any atom is 0.252 e. The van der Waals surface area contributed by atoms with E-state index in [4.69, 9.17) is 0 Å². The highest BCUT2D eigenvalue weighted by molar-refractivity contribution is 7.94. The maximum absolute atomic E-state index is 12.7. The molecule has 0 saturated carbocycles. The molecule has 2 atom stereocenters. The van der Waals surface area contributed by atoms with E-state index < -0.39 is 27.7 Å². The lowest BCUT2D eigenvalue weighted by Gasteiger charge is -2.33. The number of hydrogen-bond acceptors (Lipinski definition) is 5. The molecule has 1 aliphatic carbocycles. The van der Waals surface area contributed by atoms with E-state index in [1.54, 1.807) is 18.2 Å². The second-order valence-corrected chi connectivity index (χ2v) is 7.55. The van der Waals surface area contributed by atoms with Crippen LogP contribution in [0.1, 0.15) is 10.4 Å². The van der Waals surface area contributed by atoms with Crippen molar-refractivity contribution in [3.63, 3.8) is 0 Å². The van der Waals surface area contributed by atoms with Crippen LogP contribution in [0.5, 0.6) is 0 Å². The molecule has 2 aliphatic rings. The second-order valence-electron chi connectivity index (χ2n) is 5.57. The fourth-order valence-corrected chi connectivity index (χ4v) is 3.87. The van der Waals surface area contributed by atoms with Gasteiger partial charge in [-0.25, -0.2) is 8.42 Å². The summed E-state index contributed by atoms with van der Waals surface area (Å²) < 4.78 is 24.0. The van der Waals surface area contributed by atoms with Crippen molar-refractivity contribution >= 4 is 27.2 Å². The number of Topliss-reactive ketones (excluding diaryl/α,β-unsaturated/α-hetero) is 1. The molecular weight excluding hydrogens is 316 g/mol. The van der Waals surface area contributed by atoms with E-state index in [9.17, 15) is 18.0 Å². The lowest BCUT2D eigenvalue weighted by molar-refractivity contribution is -0.116. The molecule has 2 unspecified atom stereocenters. The number of carbonyl (C=O) groups is 2. The van der Waals surface area contributed by atoms with Crippen LogP contribution in [0.15, 0.2) is 46.9 Å². The first-order chi connectivity index (χ1) is 10.8. The van der Waals surface area contributed by atoms with Crippen molar-refractivity contribution in [2.75, 3.05) is 18.6 Å². The molecule has 1 amide bonds. The molecule has 0 bridgehead atoms. The Balaban J connectivity index is 2.14. The van der Waals surface area contributed by atoms with E-state index in [-0.39, 0.29) is 16.3 Å². The average molecular weight is 332 g/mol. The minimum atomic E-state index is -3.63. The summed E-state index contributed by atoms with van der Waals surface area (Å²) in [5, 5.41) is 5.63. The molecule has 120 valence electrons. The van der Waals surface area contributed by atoms with Gasteiger partial charge >= 0.3 is 0 Å². The minimum absolute atomic E-state index is 0.0657. The Morgan fingerprint density at radius 3 is 2.57 bits per heavy atom. The molecule has 3 rings (SSSR count). The number of carbonyl (C=O) groups excluding carboxylic acids is 2. The highest BCUT2D eigenvalue weighted by atomic mass is 32.2. The van der Waals surface area contributed by atoms with Gasteiger partial charge in [-0.2, -0.15) is 0 Å². The van der Waals surface area contributed by atoms with Gasteiger partial charge in [0.2, 0.25) is 0 Å². The lowest BCUT2D eigenvalue weighted by atomic mass is 9.81. The first kappa shape index (κ1) is 15.5. The predicted molar refractivity (Wildman–Crippen MR) is 86.7 cm³/mol. The minimum Gasteiger partial charge on any atom is -0.377 e. The third kappa shape index (κ3) is 2.57. The van der Waals surface area contributed by atoms with Gasteiger partial charge in [-0.3, -0.25) is 9.59 Å². The lowest BCUT2D eigenvalue weighted by Crippen LogP contribution is -2.41. The van der Waals surface area contributed by atoms with Gasteiger partial charge in [-0.15, -0.1) is 0 Å². The molecule has 7 heteroatoms. The van der Waals surface area contributed by atoms with Gasteiger partial charge in [0.25, 0.3) is 5.91 Å². The summed E-state index contributed by atoms with van der Waals surface area (Å²) in [7, 11) is -2.20. The Morgan fingerprint density at radius 1 is 1.22 bits per heavy atom. The SMILES string of the molecule is CNC(=O)C1=CC2Nc3ccccc3C(=O)C2C=C1S(C)(=O)=O. The normalized spacial score (nSPS) is 23.0. The molecule has 1 heterocycles. The van der Waals surface area contributed by atoms with E-state index >= 15 is 0 Å². The van der Waals surface area contributed by atoms with Gasteiger partial charge < -0.3 is 10.6 Å². The molecule has 0 aromatic heterocycles. The molecule has 0 fully saturated rings. The van der Waals surface area contributed by atoms with E-state index in [0.29, 0.717) is 11.3 Å². The Hall–Kier alpha value is -2.41. The van der Waals surface area contributed by atoms with Crippen LogP contribution in [-0.2, 0) is 14.6 Å². The molecule has 1 aromatic rings. The number of fused-ring (bicyclic) bond motifs is 2. The van der Waals surface area contributed by atoms with Crippen molar-refractivity contribution < 1.29 is 18.0 Å². The van der Waals surface area contributed by atoms with Crippen molar-refractivity contribution in [2.45, 2.75) is 6.04 Å². The largest absolute Gasteiger partial charge is 0.377 e. The zero-order valence-corrected chi connectivity index (χ0v) is 13.5. The number of ketones is 1. The van der Waals surface area contributed by atoms with Crippen LogP contribution in [-0.4, -0.2) is 39.5 Å². The number of benzene rings is 1. The van der Waals surface area contributed by atoms with Crippen molar-refractivity contribution in [2.24, 2.45) is 5.92 Å². The number of likely N-dealkylation sites (N-methyl/N-ethyl adjacent to an activating group) is 1. The molecule has 23 heavy (non-hydrogen) atoms. The van der Waals surface area contributed by atoms with E-state index in [1.807, 2.05) is 6.07 Å². The monoisotopic (exact) mass is 332 g/mol. The standard InChI is InChI=1S/C16H16N2O4S/c1-17-16(20)11-7-13-10(8-14(11)23(2,21)22)15(19)9-5-3-4-6-12(9)18-13/h3-8,10,13,18H,1-2H3,(H,17,20). The molecule has 6 nitrogen and oxygen atoms in total. The van der Waals surface area contributed by atoms with Crippen LogP contribution in [0.25, 0.3) is 0 Å². The summed E-state index contributed by atoms with van der Waals surface area (Å²) in [5.41, 5.74) is 1.27. The van der Waals surface area contributed by atoms with Crippen molar-refractivity contribution in [3.8, 4) is 0 Å². The van der Waals surface area contributed by atoms with Gasteiger partial charge in [-0.05, 0) is 18.2 Å². The average Bonchev–Trinajstić information content (AvgIpc) is 2.52. The number of nitrogens with one attached hydrogen (secondary N) is 2. The van der Waals surface area contributed by atoms with E-state index in [1.165, 1.54) is 19.2 Å². The Kier molecular flexibility index (Phi) is 3.60. The summed E-state index contributed by atoms with van der Waals surface area (Å²) in [6, 6.07) is 6.60. The maximum atomic E-state index is 12.7. The van der Waals surface area contributed by atoms with Gasteiger partial charge in [0.15, 0.2) is 15.6 Å². The topological polar surface area (TPSA) is 92.3 Å². The van der Waals surface area contributed by atoms with Crippen LogP contribution < -0.4 is 10.6 Å². The zero-order chi connectivity index (χ0) is 16.8. The summed E-state index contributed by atoms with van der Waals surface area (Å²) in [4.78, 5) is 24.6. The van der Waals surface area contributed by atoms with Crippen molar-refractivity contribution in [1.29, 1.82) is 0 Å². The number of hydrogen-bond donors (Lipinski definition) is 2. The van der Waals surface area contributed by atoms with Crippen LogP contribution >= 0.6 is 0 Å². The molecular formula is C16H16N2O4S. The quantitative estimate of drug-likeness (QED) is 0.839. The zero-order valence-electron chi connectivity index (χ0n) is 12.7. The number of rotatable bonds is 2. The fourth-order valence-electron chi connectivity index (χ4n) is 2.92. The molecule has 2 N–H and O–H groups in total. The number of sulfone groups is 1. The molecule has 0 radical (unpaired) electrons. The smallest absolute Gasteiger partial charge is 0.252 e. The first-order valence-electron chi connectivity index (χ1n) is 7.09. The van der Waals surface area contributed by atoms with Gasteiger partial charge in [0.05, 0.1) is 22.4 Å². The van der Waals surface area contributed by atoms with Gasteiger partial charge in [0.1, 0.15) is 0 Å². The third-order valence-electron chi connectivity index (χ3n) is 4.02. The van der Waals surface area contributed by atoms with Crippen LogP contribution in [0.4, 0.5) is 5.69 Å². The first-order valence-corrected chi connectivity index (χ1v) is 8.98. The predicted octanol–water partition coefficient (Wildman–Crippen LogP) is 0.894. The van der Waals surface area contributed by atoms with E-state index in [0.717, 1.165) is 6.26 Å². The number of para-hydroxylation sites is 1. The molecule has 1 aromatic carbocycles. The molecule has 0 saturated heterocycles. The summed E-state index contributed by atoms with van der Waals surface area (Å²) in [5.74, 6) is -1.30. The van der Waals surface area contributed by atoms with Crippen LogP contribution in [0.3, 0.4) is 0 Å². The van der Waals surface area contributed by atoms with Gasteiger partial charge in [-0.1, -0.05) is 18.2 Å². The Labute approximate surface area is 134 Å². The second kappa shape index (κ2) is 5.34. The summed E-state index contributed by atoms with van der Waals surface area (Å²) in [6.45, 7) is 0. The number of amides is 1. The van der Waals surface area contributed by atoms with E-state index in [2.05, 4.69) is 10.6 Å². The highest BCUT2D eigenvalue weighted by Gasteiger charge is 2.39. The number of anilines is 1.